The average Bonchev–Trinajstić information content (AvgIpc) is 2.76. The molecule has 0 aliphatic heterocycles. The van der Waals surface area contributed by atoms with Gasteiger partial charge >= 0.3 is 0 Å². The van der Waals surface area contributed by atoms with E-state index >= 15 is 0 Å². The molecule has 1 amide bonds. The second-order valence-corrected chi connectivity index (χ2v) is 9.01. The number of amides is 1. The third kappa shape index (κ3) is 4.29. The van der Waals surface area contributed by atoms with Gasteiger partial charge in [-0.1, -0.05) is 109 Å². The van der Waals surface area contributed by atoms with Gasteiger partial charge in [0.25, 0.3) is 0 Å². The molecule has 0 unspecified atom stereocenters. The van der Waals surface area contributed by atoms with E-state index in [1.54, 1.807) is 0 Å². The molecule has 0 fully saturated rings. The predicted molar refractivity (Wildman–Crippen MR) is 123 cm³/mol. The highest BCUT2D eigenvalue weighted by atomic mass is 31.1. The Balaban J connectivity index is 1.93. The molecule has 0 aromatic heterocycles. The summed E-state index contributed by atoms with van der Waals surface area (Å²) in [7, 11) is -0.739. The van der Waals surface area contributed by atoms with Crippen LogP contribution in [0, 0.1) is 0 Å². The predicted octanol–water partition coefficient (Wildman–Crippen LogP) is 4.14. The zero-order valence-corrected chi connectivity index (χ0v) is 16.9. The lowest BCUT2D eigenvalue weighted by atomic mass is 9.97. The molecule has 4 aromatic carbocycles. The molecule has 0 bridgehead atoms. The van der Waals surface area contributed by atoms with E-state index in [9.17, 15) is 4.79 Å². The van der Waals surface area contributed by atoms with Gasteiger partial charge in [0.1, 0.15) is 0 Å². The summed E-state index contributed by atoms with van der Waals surface area (Å²) < 4.78 is 0. The summed E-state index contributed by atoms with van der Waals surface area (Å²) in [4.78, 5) is 11.6. The maximum absolute atomic E-state index is 11.6. The first-order chi connectivity index (χ1) is 14.2. The van der Waals surface area contributed by atoms with Crippen molar-refractivity contribution in [2.24, 2.45) is 5.73 Å². The quantitative estimate of drug-likeness (QED) is 0.490. The molecular weight excluding hydrogens is 373 g/mol. The van der Waals surface area contributed by atoms with Crippen molar-refractivity contribution in [2.45, 2.75) is 6.42 Å². The van der Waals surface area contributed by atoms with Crippen LogP contribution in [0.15, 0.2) is 109 Å². The molecule has 0 atom stereocenters. The summed E-state index contributed by atoms with van der Waals surface area (Å²) in [6.07, 6.45) is 0.235. The standard InChI is InChI=1S/C26H22NOP/c27-26(28)19-20-11-7-8-16-23(20)24-17-9-10-18-25(24)29(21-12-3-1-4-13-21)22-14-5-2-6-15-22/h1-18H,19H2,(H2,27,28). The highest BCUT2D eigenvalue weighted by Gasteiger charge is 2.21. The monoisotopic (exact) mass is 395 g/mol. The van der Waals surface area contributed by atoms with Crippen molar-refractivity contribution in [1.29, 1.82) is 0 Å². The minimum atomic E-state index is -0.739. The number of primary amides is 1. The maximum atomic E-state index is 11.6. The van der Waals surface area contributed by atoms with E-state index in [4.69, 9.17) is 5.73 Å². The average molecular weight is 395 g/mol. The zero-order valence-electron chi connectivity index (χ0n) is 16.0. The van der Waals surface area contributed by atoms with Crippen LogP contribution in [0.4, 0.5) is 0 Å². The lowest BCUT2D eigenvalue weighted by Crippen LogP contribution is -2.22. The molecule has 0 aliphatic rings. The van der Waals surface area contributed by atoms with Gasteiger partial charge in [0, 0.05) is 0 Å². The van der Waals surface area contributed by atoms with Crippen LogP contribution in [0.3, 0.4) is 0 Å². The Bertz CT molecular complexity index is 1070. The van der Waals surface area contributed by atoms with Gasteiger partial charge in [0.15, 0.2) is 0 Å². The van der Waals surface area contributed by atoms with Crippen LogP contribution < -0.4 is 21.6 Å². The van der Waals surface area contributed by atoms with Crippen LogP contribution in [0.1, 0.15) is 5.56 Å². The van der Waals surface area contributed by atoms with Gasteiger partial charge in [0.2, 0.25) is 5.91 Å². The van der Waals surface area contributed by atoms with Crippen molar-refractivity contribution < 1.29 is 4.79 Å². The number of benzene rings is 4. The Morgan fingerprint density at radius 1 is 0.621 bits per heavy atom. The molecule has 0 aliphatic carbocycles. The van der Waals surface area contributed by atoms with Crippen molar-refractivity contribution in [3.8, 4) is 11.1 Å². The molecule has 29 heavy (non-hydrogen) atoms. The van der Waals surface area contributed by atoms with Crippen molar-refractivity contribution in [3.05, 3.63) is 115 Å². The third-order valence-corrected chi connectivity index (χ3v) is 7.35. The van der Waals surface area contributed by atoms with Crippen molar-refractivity contribution in [1.82, 2.24) is 0 Å². The fourth-order valence-corrected chi connectivity index (χ4v) is 6.07. The number of carbonyl (C=O) groups is 1. The van der Waals surface area contributed by atoms with E-state index in [-0.39, 0.29) is 12.3 Å². The van der Waals surface area contributed by atoms with Crippen LogP contribution in [0.5, 0.6) is 0 Å². The highest BCUT2D eigenvalue weighted by Crippen LogP contribution is 2.37. The Hall–Kier alpha value is -3.22. The molecule has 0 spiro atoms. The summed E-state index contributed by atoms with van der Waals surface area (Å²) in [5.74, 6) is -0.316. The Labute approximate surface area is 172 Å². The van der Waals surface area contributed by atoms with Gasteiger partial charge in [-0.25, -0.2) is 0 Å². The van der Waals surface area contributed by atoms with Crippen molar-refractivity contribution >= 4 is 29.7 Å². The first kappa shape index (κ1) is 19.1. The Morgan fingerprint density at radius 2 is 1.10 bits per heavy atom. The largest absolute Gasteiger partial charge is 0.369 e. The molecular formula is C26H22NOP. The number of hydrogen-bond acceptors (Lipinski definition) is 1. The molecule has 0 saturated heterocycles. The number of rotatable bonds is 6. The molecule has 2 nitrogen and oxygen atoms in total. The topological polar surface area (TPSA) is 43.1 Å². The van der Waals surface area contributed by atoms with E-state index in [1.165, 1.54) is 15.9 Å². The van der Waals surface area contributed by atoms with E-state index in [0.717, 1.165) is 16.7 Å². The Morgan fingerprint density at radius 3 is 1.69 bits per heavy atom. The number of hydrogen-bond donors (Lipinski definition) is 1. The number of nitrogens with two attached hydrogens (primary N) is 1. The molecule has 0 radical (unpaired) electrons. The summed E-state index contributed by atoms with van der Waals surface area (Å²) in [6, 6.07) is 37.8. The summed E-state index contributed by atoms with van der Waals surface area (Å²) >= 11 is 0. The smallest absolute Gasteiger partial charge is 0.221 e. The SMILES string of the molecule is NC(=O)Cc1ccccc1-c1ccccc1P(c1ccccc1)c1ccccc1. The van der Waals surface area contributed by atoms with E-state index in [0.29, 0.717) is 0 Å². The molecule has 0 saturated carbocycles. The minimum Gasteiger partial charge on any atom is -0.369 e. The van der Waals surface area contributed by atoms with Crippen LogP contribution in [-0.2, 0) is 11.2 Å². The second kappa shape index (κ2) is 8.86. The first-order valence-corrected chi connectivity index (χ1v) is 10.9. The normalized spacial score (nSPS) is 10.8. The zero-order chi connectivity index (χ0) is 20.1. The van der Waals surface area contributed by atoms with Gasteiger partial charge in [-0.05, 0) is 40.5 Å². The fraction of sp³-hybridized carbons (Fsp3) is 0.0385. The molecule has 3 heteroatoms. The lowest BCUT2D eigenvalue weighted by Gasteiger charge is -2.23. The molecule has 142 valence electrons. The Kier molecular flexibility index (Phi) is 5.84. The van der Waals surface area contributed by atoms with Crippen LogP contribution in [0.25, 0.3) is 11.1 Å². The lowest BCUT2D eigenvalue weighted by molar-refractivity contribution is -0.117. The van der Waals surface area contributed by atoms with Gasteiger partial charge in [-0.3, -0.25) is 4.79 Å². The molecule has 4 aromatic rings. The third-order valence-electron chi connectivity index (χ3n) is 4.85. The summed E-state index contributed by atoms with van der Waals surface area (Å²) in [6.45, 7) is 0. The molecule has 0 heterocycles. The van der Waals surface area contributed by atoms with Gasteiger partial charge in [-0.2, -0.15) is 0 Å². The summed E-state index contributed by atoms with van der Waals surface area (Å²) in [5.41, 5.74) is 8.70. The number of carbonyl (C=O) groups excluding carboxylic acids is 1. The fourth-order valence-electron chi connectivity index (χ4n) is 3.60. The molecule has 4 rings (SSSR count). The van der Waals surface area contributed by atoms with Crippen LogP contribution in [-0.4, -0.2) is 5.91 Å². The van der Waals surface area contributed by atoms with Crippen LogP contribution in [0.2, 0.25) is 0 Å². The van der Waals surface area contributed by atoms with Gasteiger partial charge in [-0.15, -0.1) is 0 Å². The highest BCUT2D eigenvalue weighted by molar-refractivity contribution is 7.80. The van der Waals surface area contributed by atoms with E-state index in [1.807, 2.05) is 18.2 Å². The second-order valence-electron chi connectivity index (χ2n) is 6.82. The first-order valence-electron chi connectivity index (χ1n) is 9.60. The van der Waals surface area contributed by atoms with Gasteiger partial charge in [0.05, 0.1) is 6.42 Å². The van der Waals surface area contributed by atoms with E-state index < -0.39 is 7.92 Å². The van der Waals surface area contributed by atoms with E-state index in [2.05, 4.69) is 91.0 Å². The van der Waals surface area contributed by atoms with Crippen molar-refractivity contribution in [2.75, 3.05) is 0 Å². The van der Waals surface area contributed by atoms with Crippen molar-refractivity contribution in [3.63, 3.8) is 0 Å². The van der Waals surface area contributed by atoms with Crippen LogP contribution >= 0.6 is 7.92 Å². The minimum absolute atomic E-state index is 0.235. The molecule has 2 N–H and O–H groups in total. The summed E-state index contributed by atoms with van der Waals surface area (Å²) in [5, 5.41) is 3.87. The van der Waals surface area contributed by atoms with Gasteiger partial charge < -0.3 is 5.73 Å². The maximum Gasteiger partial charge on any atom is 0.221 e.